The van der Waals surface area contributed by atoms with Crippen molar-refractivity contribution in [3.05, 3.63) is 0 Å². The van der Waals surface area contributed by atoms with Gasteiger partial charge in [0, 0.05) is 13.7 Å². The fourth-order valence-corrected chi connectivity index (χ4v) is 2.30. The lowest BCUT2D eigenvalue weighted by Crippen LogP contribution is -2.61. The highest BCUT2D eigenvalue weighted by molar-refractivity contribution is 5.76. The molecule has 0 bridgehead atoms. The van der Waals surface area contributed by atoms with E-state index in [1.807, 2.05) is 0 Å². The van der Waals surface area contributed by atoms with Crippen LogP contribution in [-0.2, 0) is 14.3 Å². The Morgan fingerprint density at radius 3 is 2.55 bits per heavy atom. The van der Waals surface area contributed by atoms with Crippen LogP contribution in [0.25, 0.3) is 0 Å². The molecule has 1 saturated heterocycles. The van der Waals surface area contributed by atoms with Crippen molar-refractivity contribution in [1.29, 1.82) is 0 Å². The summed E-state index contributed by atoms with van der Waals surface area (Å²) in [5, 5.41) is 39.1. The number of aliphatic carboxylic acids is 1. The second-order valence-electron chi connectivity index (χ2n) is 5.50. The number of carboxylic acid groups (broad SMARTS) is 1. The Kier molecular flexibility index (Phi) is 4.98. The molecule has 7 heteroatoms. The first-order chi connectivity index (χ1) is 9.64. The van der Waals surface area contributed by atoms with Gasteiger partial charge >= 0.3 is 5.97 Å². The van der Waals surface area contributed by atoms with Gasteiger partial charge < -0.3 is 29.9 Å². The summed E-state index contributed by atoms with van der Waals surface area (Å²) in [5.74, 6) is -4.09. The van der Waals surface area contributed by atoms with E-state index in [9.17, 15) is 25.2 Å². The Labute approximate surface area is 119 Å². The van der Waals surface area contributed by atoms with Crippen molar-refractivity contribution in [2.75, 3.05) is 0 Å². The predicted molar refractivity (Wildman–Crippen MR) is 68.9 cm³/mol. The number of aliphatic hydroxyl groups excluding tert-OH is 3. The maximum atomic E-state index is 11.5. The van der Waals surface area contributed by atoms with Crippen LogP contribution in [0.4, 0.5) is 0 Å². The van der Waals surface area contributed by atoms with E-state index in [0.29, 0.717) is 0 Å². The lowest BCUT2D eigenvalue weighted by Gasteiger charge is -2.46. The largest absolute Gasteiger partial charge is 0.477 e. The van der Waals surface area contributed by atoms with Crippen LogP contribution in [0.5, 0.6) is 0 Å². The van der Waals surface area contributed by atoms with Gasteiger partial charge in [-0.05, 0) is 20.7 Å². The Morgan fingerprint density at radius 1 is 1.50 bits per heavy atom. The predicted octanol–water partition coefficient (Wildman–Crippen LogP) is -0.280. The number of hydrogen-bond donors (Lipinski definition) is 4. The molecule has 1 heterocycles. The first kappa shape index (κ1) is 15.7. The molecule has 1 rings (SSSR count). The molecule has 118 valence electrons. The van der Waals surface area contributed by atoms with Crippen molar-refractivity contribution < 1.29 is 36.1 Å². The average molecular weight is 293 g/mol. The second kappa shape index (κ2) is 6.36. The fourth-order valence-electron chi connectivity index (χ4n) is 2.30. The smallest absolute Gasteiger partial charge is 0.364 e. The van der Waals surface area contributed by atoms with Crippen LogP contribution in [0.3, 0.4) is 0 Å². The molecular formula is C13H24O7. The van der Waals surface area contributed by atoms with Gasteiger partial charge in [-0.3, -0.25) is 0 Å². The lowest BCUT2D eigenvalue weighted by atomic mass is 9.85. The topological polar surface area (TPSA) is 116 Å². The molecule has 0 aliphatic carbocycles. The van der Waals surface area contributed by atoms with Crippen molar-refractivity contribution >= 4 is 5.97 Å². The van der Waals surface area contributed by atoms with Crippen LogP contribution in [0.15, 0.2) is 0 Å². The van der Waals surface area contributed by atoms with E-state index in [-0.39, 0.29) is 6.42 Å². The molecule has 0 radical (unpaired) electrons. The summed E-state index contributed by atoms with van der Waals surface area (Å²) in [6.45, 7) is 4.37. The molecule has 0 amide bonds. The Morgan fingerprint density at radius 2 is 2.10 bits per heavy atom. The van der Waals surface area contributed by atoms with Crippen LogP contribution in [-0.4, -0.2) is 62.7 Å². The Hall–Kier alpha value is -0.730. The molecule has 4 N–H and O–H groups in total. The van der Waals surface area contributed by atoms with Crippen LogP contribution < -0.4 is 0 Å². The van der Waals surface area contributed by atoms with Gasteiger partial charge in [0.25, 0.3) is 5.79 Å². The SMILES string of the molecule is [2H]CC(O)C(O)C1OC(OC(C)C)(C(=O)O)CC(O)C1C. The average Bonchev–Trinajstić information content (AvgIpc) is 2.40. The normalized spacial score (nSPS) is 38.4. The summed E-state index contributed by atoms with van der Waals surface area (Å²) in [7, 11) is 0. The van der Waals surface area contributed by atoms with E-state index in [2.05, 4.69) is 0 Å². The summed E-state index contributed by atoms with van der Waals surface area (Å²) in [6, 6.07) is 0. The van der Waals surface area contributed by atoms with Crippen LogP contribution in [0.1, 0.15) is 35.5 Å². The number of aliphatic hydroxyl groups is 3. The zero-order valence-electron chi connectivity index (χ0n) is 12.9. The zero-order chi connectivity index (χ0) is 16.4. The first-order valence-electron chi connectivity index (χ1n) is 7.27. The van der Waals surface area contributed by atoms with Gasteiger partial charge in [0.15, 0.2) is 0 Å². The number of carbonyl (C=O) groups is 1. The van der Waals surface area contributed by atoms with Crippen molar-refractivity contribution in [1.82, 2.24) is 0 Å². The summed E-state index contributed by atoms with van der Waals surface area (Å²) < 4.78 is 17.9. The Balaban J connectivity index is 3.06. The molecule has 0 spiro atoms. The maximum absolute atomic E-state index is 11.5. The van der Waals surface area contributed by atoms with Gasteiger partial charge in [0.05, 0.1) is 24.4 Å². The van der Waals surface area contributed by atoms with Gasteiger partial charge in [-0.2, -0.15) is 0 Å². The van der Waals surface area contributed by atoms with E-state index in [0.717, 1.165) is 0 Å². The molecule has 7 nitrogen and oxygen atoms in total. The minimum Gasteiger partial charge on any atom is -0.477 e. The van der Waals surface area contributed by atoms with E-state index in [4.69, 9.17) is 10.8 Å². The van der Waals surface area contributed by atoms with Crippen LogP contribution >= 0.6 is 0 Å². The molecule has 0 aromatic carbocycles. The molecule has 1 aliphatic heterocycles. The summed E-state index contributed by atoms with van der Waals surface area (Å²) >= 11 is 0. The van der Waals surface area contributed by atoms with Crippen molar-refractivity contribution in [2.24, 2.45) is 5.92 Å². The molecule has 20 heavy (non-hydrogen) atoms. The van der Waals surface area contributed by atoms with E-state index in [1.165, 1.54) is 0 Å². The van der Waals surface area contributed by atoms with Gasteiger partial charge in [0.2, 0.25) is 0 Å². The monoisotopic (exact) mass is 293 g/mol. The molecule has 0 aromatic heterocycles. The van der Waals surface area contributed by atoms with E-state index >= 15 is 0 Å². The standard InChI is InChI=1S/C13H24O7/c1-6(2)19-13(12(17)18)5-9(15)7(3)11(20-13)10(16)8(4)14/h6-11,14-16H,5H2,1-4H3,(H,17,18)/i4D. The lowest BCUT2D eigenvalue weighted by molar-refractivity contribution is -0.325. The number of ether oxygens (including phenoxy) is 2. The maximum Gasteiger partial charge on any atom is 0.364 e. The third kappa shape index (κ3) is 3.48. The number of hydrogen-bond acceptors (Lipinski definition) is 6. The van der Waals surface area contributed by atoms with Gasteiger partial charge in [0.1, 0.15) is 6.10 Å². The minimum atomic E-state index is -2.08. The molecular weight excluding hydrogens is 268 g/mol. The van der Waals surface area contributed by atoms with Gasteiger partial charge in [-0.25, -0.2) is 4.79 Å². The van der Waals surface area contributed by atoms with Gasteiger partial charge in [-0.1, -0.05) is 6.92 Å². The van der Waals surface area contributed by atoms with Gasteiger partial charge in [-0.15, -0.1) is 0 Å². The van der Waals surface area contributed by atoms with Crippen LogP contribution in [0, 0.1) is 5.92 Å². The Bertz CT molecular complexity index is 364. The fraction of sp³-hybridized carbons (Fsp3) is 0.923. The second-order valence-corrected chi connectivity index (χ2v) is 5.50. The van der Waals surface area contributed by atoms with Crippen molar-refractivity contribution in [2.45, 2.75) is 70.4 Å². The minimum absolute atomic E-state index is 0.276. The van der Waals surface area contributed by atoms with Crippen molar-refractivity contribution in [3.63, 3.8) is 0 Å². The molecule has 1 fully saturated rings. The zero-order valence-corrected chi connectivity index (χ0v) is 11.9. The number of carboxylic acids is 1. The van der Waals surface area contributed by atoms with E-state index in [1.54, 1.807) is 20.8 Å². The highest BCUT2D eigenvalue weighted by Gasteiger charge is 2.54. The molecule has 0 aromatic rings. The molecule has 6 atom stereocenters. The number of rotatable bonds is 5. The highest BCUT2D eigenvalue weighted by Crippen LogP contribution is 2.36. The molecule has 6 unspecified atom stereocenters. The third-order valence-corrected chi connectivity index (χ3v) is 3.41. The molecule has 0 saturated carbocycles. The van der Waals surface area contributed by atoms with Crippen LogP contribution in [0.2, 0.25) is 0 Å². The summed E-state index contributed by atoms with van der Waals surface area (Å²) in [4.78, 5) is 11.5. The quantitative estimate of drug-likeness (QED) is 0.551. The van der Waals surface area contributed by atoms with Crippen molar-refractivity contribution in [3.8, 4) is 0 Å². The first-order valence-corrected chi connectivity index (χ1v) is 6.57. The van der Waals surface area contributed by atoms with E-state index < -0.39 is 55.1 Å². The summed E-state index contributed by atoms with van der Waals surface area (Å²) in [6.07, 6.45) is -5.85. The highest BCUT2D eigenvalue weighted by atomic mass is 16.7. The molecule has 1 aliphatic rings. The third-order valence-electron chi connectivity index (χ3n) is 3.41. The summed E-state index contributed by atoms with van der Waals surface area (Å²) in [5.41, 5.74) is 0.